The molecule has 0 aromatic rings. The zero-order valence-electron chi connectivity index (χ0n) is 20.2. The summed E-state index contributed by atoms with van der Waals surface area (Å²) in [6, 6.07) is 0. The Kier molecular flexibility index (Phi) is 8.62. The summed E-state index contributed by atoms with van der Waals surface area (Å²) in [7, 11) is -0.895. The first-order valence-corrected chi connectivity index (χ1v) is 12.3. The lowest BCUT2D eigenvalue weighted by Gasteiger charge is -2.43. The number of cyclic esters (lactones) is 1. The molecule has 0 aromatic heterocycles. The van der Waals surface area contributed by atoms with E-state index >= 15 is 0 Å². The summed E-state index contributed by atoms with van der Waals surface area (Å²) in [5.41, 5.74) is 1.27. The lowest BCUT2D eigenvalue weighted by atomic mass is 9.65. The van der Waals surface area contributed by atoms with Crippen molar-refractivity contribution in [1.82, 2.24) is 0 Å². The molecule has 1 N–H and O–H groups in total. The Balaban J connectivity index is 1.71. The Morgan fingerprint density at radius 3 is 2.75 bits per heavy atom. The standard InChI is InChI=1S/C25H39BO6/c1-6-16(3)25(28)31-22-12-15(2)11-18-8-7-17(4)21(24(18)22)10-9-19-13-20(32-26(5)29)14-23(27)30-19/h7-8,11,15-17,19-22,24,29H,6,9-10,12-14H2,1-5H3/t15-,16-,17-,19+,20+,21-,22-,24-/m0/s1. The van der Waals surface area contributed by atoms with E-state index in [4.69, 9.17) is 14.1 Å². The molecule has 7 heteroatoms. The molecule has 32 heavy (non-hydrogen) atoms. The molecular formula is C25H39BO6. The van der Waals surface area contributed by atoms with Crippen LogP contribution < -0.4 is 0 Å². The van der Waals surface area contributed by atoms with Crippen LogP contribution in [0.1, 0.15) is 66.2 Å². The lowest BCUT2D eigenvalue weighted by molar-refractivity contribution is -0.162. The van der Waals surface area contributed by atoms with E-state index in [-0.39, 0.29) is 48.5 Å². The number of hydrogen-bond acceptors (Lipinski definition) is 6. The molecule has 1 saturated heterocycles. The molecule has 0 aromatic carbocycles. The van der Waals surface area contributed by atoms with E-state index in [0.717, 1.165) is 25.7 Å². The molecule has 0 radical (unpaired) electrons. The van der Waals surface area contributed by atoms with Crippen molar-refractivity contribution in [2.24, 2.45) is 29.6 Å². The van der Waals surface area contributed by atoms with Gasteiger partial charge in [0, 0.05) is 12.3 Å². The average Bonchev–Trinajstić information content (AvgIpc) is 2.71. The largest absolute Gasteiger partial charge is 0.462 e. The first-order valence-electron chi connectivity index (χ1n) is 12.3. The zero-order chi connectivity index (χ0) is 23.4. The predicted octanol–water partition coefficient (Wildman–Crippen LogP) is 4.33. The van der Waals surface area contributed by atoms with Crippen molar-refractivity contribution in [2.45, 2.75) is 91.4 Å². The Bertz CT molecular complexity index is 732. The van der Waals surface area contributed by atoms with Crippen LogP contribution >= 0.6 is 0 Å². The first-order chi connectivity index (χ1) is 15.2. The number of carbonyl (C=O) groups excluding carboxylic acids is 2. The first kappa shape index (κ1) is 25.0. The fraction of sp³-hybridized carbons (Fsp3) is 0.760. The van der Waals surface area contributed by atoms with Gasteiger partial charge in [-0.3, -0.25) is 9.59 Å². The van der Waals surface area contributed by atoms with Gasteiger partial charge in [0.15, 0.2) is 0 Å². The number of allylic oxidation sites excluding steroid dienone is 3. The van der Waals surface area contributed by atoms with E-state index in [1.54, 1.807) is 6.82 Å². The Morgan fingerprint density at radius 2 is 2.06 bits per heavy atom. The van der Waals surface area contributed by atoms with Crippen molar-refractivity contribution in [1.29, 1.82) is 0 Å². The summed E-state index contributed by atoms with van der Waals surface area (Å²) >= 11 is 0. The highest BCUT2D eigenvalue weighted by molar-refractivity contribution is 6.40. The summed E-state index contributed by atoms with van der Waals surface area (Å²) in [5.74, 6) is 0.726. The predicted molar refractivity (Wildman–Crippen MR) is 124 cm³/mol. The molecule has 1 aliphatic heterocycles. The highest BCUT2D eigenvalue weighted by Gasteiger charge is 2.42. The second-order valence-corrected chi connectivity index (χ2v) is 10.1. The molecule has 3 aliphatic rings. The van der Waals surface area contributed by atoms with E-state index in [0.29, 0.717) is 24.2 Å². The quantitative estimate of drug-likeness (QED) is 0.442. The molecule has 1 fully saturated rings. The minimum Gasteiger partial charge on any atom is -0.462 e. The monoisotopic (exact) mass is 446 g/mol. The van der Waals surface area contributed by atoms with Crippen LogP contribution in [0, 0.1) is 29.6 Å². The molecule has 0 bridgehead atoms. The van der Waals surface area contributed by atoms with Crippen molar-refractivity contribution >= 4 is 19.1 Å². The maximum Gasteiger partial charge on any atom is 0.451 e. The van der Waals surface area contributed by atoms with Crippen molar-refractivity contribution in [3.8, 4) is 0 Å². The SMILES string of the molecule is CC[C@H](C)C(=O)O[C@H]1C[C@@H](C)C=C2C=C[C@H](C)[C@H](CC[C@@H]3C[C@@H](OB(C)O)CC(=O)O3)[C@H]21. The third-order valence-electron chi connectivity index (χ3n) is 7.31. The molecular weight excluding hydrogens is 407 g/mol. The van der Waals surface area contributed by atoms with Crippen LogP contribution in [0.5, 0.6) is 0 Å². The van der Waals surface area contributed by atoms with Gasteiger partial charge >= 0.3 is 19.1 Å². The minimum absolute atomic E-state index is 0.0952. The number of esters is 2. The number of ether oxygens (including phenoxy) is 2. The van der Waals surface area contributed by atoms with E-state index in [1.165, 1.54) is 5.57 Å². The summed E-state index contributed by atoms with van der Waals surface area (Å²) in [6.45, 7) is 9.89. The van der Waals surface area contributed by atoms with Crippen molar-refractivity contribution < 1.29 is 28.7 Å². The zero-order valence-corrected chi connectivity index (χ0v) is 20.2. The van der Waals surface area contributed by atoms with Crippen molar-refractivity contribution in [3.05, 3.63) is 23.8 Å². The second kappa shape index (κ2) is 11.0. The van der Waals surface area contributed by atoms with Gasteiger partial charge in [0.2, 0.25) is 0 Å². The molecule has 0 amide bonds. The fourth-order valence-electron chi connectivity index (χ4n) is 5.44. The van der Waals surface area contributed by atoms with E-state index < -0.39 is 7.12 Å². The Hall–Kier alpha value is -1.60. The molecule has 1 heterocycles. The second-order valence-electron chi connectivity index (χ2n) is 10.1. The third kappa shape index (κ3) is 6.25. The molecule has 6 nitrogen and oxygen atoms in total. The molecule has 0 unspecified atom stereocenters. The van der Waals surface area contributed by atoms with Gasteiger partial charge in [-0.2, -0.15) is 0 Å². The van der Waals surface area contributed by atoms with Gasteiger partial charge in [-0.15, -0.1) is 0 Å². The van der Waals surface area contributed by atoms with Crippen LogP contribution in [0.25, 0.3) is 0 Å². The maximum atomic E-state index is 12.6. The van der Waals surface area contributed by atoms with Gasteiger partial charge in [-0.25, -0.2) is 0 Å². The van der Waals surface area contributed by atoms with Gasteiger partial charge in [-0.05, 0) is 55.8 Å². The fourth-order valence-corrected chi connectivity index (χ4v) is 5.44. The molecule has 0 saturated carbocycles. The van der Waals surface area contributed by atoms with Gasteiger partial charge < -0.3 is 19.2 Å². The van der Waals surface area contributed by atoms with Crippen molar-refractivity contribution in [3.63, 3.8) is 0 Å². The van der Waals surface area contributed by atoms with E-state index in [9.17, 15) is 14.6 Å². The van der Waals surface area contributed by atoms with Crippen LogP contribution in [-0.4, -0.2) is 42.4 Å². The normalized spacial score (nSPS) is 35.4. The molecule has 0 spiro atoms. The van der Waals surface area contributed by atoms with E-state index in [2.05, 4.69) is 32.1 Å². The molecule has 2 aliphatic carbocycles. The Labute approximate surface area is 192 Å². The smallest absolute Gasteiger partial charge is 0.451 e. The summed E-state index contributed by atoms with van der Waals surface area (Å²) < 4.78 is 17.2. The molecule has 8 atom stereocenters. The molecule has 3 rings (SSSR count). The van der Waals surface area contributed by atoms with Crippen LogP contribution in [0.4, 0.5) is 0 Å². The highest BCUT2D eigenvalue weighted by Crippen LogP contribution is 2.45. The summed E-state index contributed by atoms with van der Waals surface area (Å²) in [5, 5.41) is 9.52. The number of carbonyl (C=O) groups is 2. The van der Waals surface area contributed by atoms with Gasteiger partial charge in [0.1, 0.15) is 12.2 Å². The van der Waals surface area contributed by atoms with Gasteiger partial charge in [0.05, 0.1) is 18.4 Å². The average molecular weight is 446 g/mol. The lowest BCUT2D eigenvalue weighted by Crippen LogP contribution is -2.42. The van der Waals surface area contributed by atoms with Crippen LogP contribution in [0.2, 0.25) is 6.82 Å². The van der Waals surface area contributed by atoms with E-state index in [1.807, 2.05) is 13.8 Å². The van der Waals surface area contributed by atoms with Crippen LogP contribution in [0.3, 0.4) is 0 Å². The summed E-state index contributed by atoms with van der Waals surface area (Å²) in [4.78, 5) is 24.7. The number of fused-ring (bicyclic) bond motifs is 1. The summed E-state index contributed by atoms with van der Waals surface area (Å²) in [6.07, 6.45) is 10.2. The third-order valence-corrected chi connectivity index (χ3v) is 7.31. The van der Waals surface area contributed by atoms with Crippen LogP contribution in [-0.2, 0) is 23.7 Å². The maximum absolute atomic E-state index is 12.6. The topological polar surface area (TPSA) is 82.1 Å². The van der Waals surface area contributed by atoms with Crippen molar-refractivity contribution in [2.75, 3.05) is 0 Å². The van der Waals surface area contributed by atoms with Gasteiger partial charge in [-0.1, -0.05) is 45.9 Å². The number of rotatable bonds is 8. The molecule has 178 valence electrons. The van der Waals surface area contributed by atoms with Crippen LogP contribution in [0.15, 0.2) is 23.8 Å². The van der Waals surface area contributed by atoms with Gasteiger partial charge in [0.25, 0.3) is 0 Å². The Morgan fingerprint density at radius 1 is 1.31 bits per heavy atom. The minimum atomic E-state index is -0.895. The highest BCUT2D eigenvalue weighted by atomic mass is 16.6. The number of hydrogen-bond donors (Lipinski definition) is 1.